The summed E-state index contributed by atoms with van der Waals surface area (Å²) in [5.74, 6) is 0.867. The number of amides is 1. The smallest absolute Gasteiger partial charge is 0.266 e. The number of carbonyl (C=O) groups excluding carboxylic acids is 1. The number of anilines is 1. The van der Waals surface area contributed by atoms with E-state index in [9.17, 15) is 10.1 Å². The van der Waals surface area contributed by atoms with Gasteiger partial charge in [-0.15, -0.1) is 0 Å². The van der Waals surface area contributed by atoms with E-state index in [1.54, 1.807) is 30.3 Å². The lowest BCUT2D eigenvalue weighted by Gasteiger charge is -2.13. The number of hydrogen-bond donors (Lipinski definition) is 1. The first-order valence-electron chi connectivity index (χ1n) is 13.1. The van der Waals surface area contributed by atoms with Crippen LogP contribution in [0.4, 0.5) is 5.69 Å². The first-order chi connectivity index (χ1) is 20.0. The summed E-state index contributed by atoms with van der Waals surface area (Å²) in [5, 5.41) is 14.8. The van der Waals surface area contributed by atoms with E-state index in [-0.39, 0.29) is 5.57 Å². The van der Waals surface area contributed by atoms with Crippen LogP contribution in [0.25, 0.3) is 16.8 Å². The Hall–Kier alpha value is -4.86. The van der Waals surface area contributed by atoms with Gasteiger partial charge in [-0.05, 0) is 92.8 Å². The molecule has 5 aromatic carbocycles. The number of nitrogens with one attached hydrogen (secondary N) is 1. The van der Waals surface area contributed by atoms with Gasteiger partial charge >= 0.3 is 0 Å². The maximum atomic E-state index is 12.8. The van der Waals surface area contributed by atoms with Gasteiger partial charge in [0.05, 0.1) is 4.47 Å². The minimum absolute atomic E-state index is 0.0126. The molecule has 5 rings (SSSR count). The van der Waals surface area contributed by atoms with Gasteiger partial charge in [0.2, 0.25) is 0 Å². The van der Waals surface area contributed by atoms with Crippen LogP contribution in [0.2, 0.25) is 0 Å². The van der Waals surface area contributed by atoms with E-state index in [4.69, 9.17) is 9.47 Å². The molecule has 0 fully saturated rings. The van der Waals surface area contributed by atoms with Crippen molar-refractivity contribution >= 4 is 44.4 Å². The molecule has 0 saturated carbocycles. The molecular weight excluding hydrogens is 576 g/mol. The molecule has 6 heteroatoms. The summed E-state index contributed by atoms with van der Waals surface area (Å²) in [5.41, 5.74) is 4.62. The largest absolute Gasteiger partial charge is 0.489 e. The minimum atomic E-state index is -0.492. The average molecular weight is 604 g/mol. The number of halogens is 1. The van der Waals surface area contributed by atoms with Crippen LogP contribution in [-0.2, 0) is 18.0 Å². The molecule has 0 radical (unpaired) electrons. The number of rotatable bonds is 9. The lowest BCUT2D eigenvalue weighted by Crippen LogP contribution is -2.13. The van der Waals surface area contributed by atoms with Crippen LogP contribution < -0.4 is 14.8 Å². The normalized spacial score (nSPS) is 11.1. The molecule has 0 bridgehead atoms. The van der Waals surface area contributed by atoms with Crippen molar-refractivity contribution in [1.82, 2.24) is 0 Å². The number of ether oxygens (including phenoxy) is 2. The standard InChI is InChI=1S/C35H27BrN2O3/c1-24-11-13-27-9-5-6-10-31(27)32(24)23-41-34-18-12-26(20-33(34)36)19-28(21-37)35(39)38-29-14-16-30(17-15-29)40-22-25-7-3-2-4-8-25/h2-20H,22-23H2,1H3,(H,38,39)/b28-19+. The summed E-state index contributed by atoms with van der Waals surface area (Å²) >= 11 is 3.58. The Labute approximate surface area is 247 Å². The van der Waals surface area contributed by atoms with Crippen LogP contribution in [0.1, 0.15) is 22.3 Å². The third-order valence-corrected chi connectivity index (χ3v) is 7.26. The quantitative estimate of drug-likeness (QED) is 0.135. The third kappa shape index (κ3) is 7.02. The Morgan fingerprint density at radius 2 is 1.63 bits per heavy atom. The first kappa shape index (κ1) is 27.7. The van der Waals surface area contributed by atoms with Crippen LogP contribution in [0.15, 0.2) is 119 Å². The Bertz CT molecular complexity index is 1760. The lowest BCUT2D eigenvalue weighted by molar-refractivity contribution is -0.112. The highest BCUT2D eigenvalue weighted by Gasteiger charge is 2.12. The second kappa shape index (κ2) is 13.0. The third-order valence-electron chi connectivity index (χ3n) is 6.64. The predicted molar refractivity (Wildman–Crippen MR) is 167 cm³/mol. The van der Waals surface area contributed by atoms with Crippen LogP contribution in [0, 0.1) is 18.3 Å². The van der Waals surface area contributed by atoms with Gasteiger partial charge in [-0.2, -0.15) is 5.26 Å². The highest BCUT2D eigenvalue weighted by Crippen LogP contribution is 2.30. The fraction of sp³-hybridized carbons (Fsp3) is 0.0857. The van der Waals surface area contributed by atoms with Crippen LogP contribution in [0.5, 0.6) is 11.5 Å². The molecule has 0 unspecified atom stereocenters. The highest BCUT2D eigenvalue weighted by molar-refractivity contribution is 9.10. The highest BCUT2D eigenvalue weighted by atomic mass is 79.9. The SMILES string of the molecule is Cc1ccc2ccccc2c1COc1ccc(/C=C(\C#N)C(=O)Nc2ccc(OCc3ccccc3)cc2)cc1Br. The topological polar surface area (TPSA) is 71.3 Å². The van der Waals surface area contributed by atoms with Gasteiger partial charge in [0.15, 0.2) is 0 Å². The Morgan fingerprint density at radius 3 is 2.39 bits per heavy atom. The molecule has 0 aliphatic rings. The number of carbonyl (C=O) groups is 1. The molecule has 0 aliphatic heterocycles. The van der Waals surface area contributed by atoms with E-state index in [2.05, 4.69) is 52.4 Å². The van der Waals surface area contributed by atoms with Crippen molar-refractivity contribution < 1.29 is 14.3 Å². The Kier molecular flexibility index (Phi) is 8.78. The zero-order chi connectivity index (χ0) is 28.6. The van der Waals surface area contributed by atoms with E-state index in [1.165, 1.54) is 16.3 Å². The molecule has 1 amide bonds. The Balaban J connectivity index is 1.22. The number of benzene rings is 5. The molecule has 1 N–H and O–H groups in total. The second-order valence-corrected chi connectivity index (χ2v) is 10.3. The van der Waals surface area contributed by atoms with Gasteiger partial charge < -0.3 is 14.8 Å². The van der Waals surface area contributed by atoms with Crippen molar-refractivity contribution in [2.24, 2.45) is 0 Å². The average Bonchev–Trinajstić information content (AvgIpc) is 3.00. The van der Waals surface area contributed by atoms with Crippen LogP contribution >= 0.6 is 15.9 Å². The van der Waals surface area contributed by atoms with Crippen molar-refractivity contribution in [1.29, 1.82) is 5.26 Å². The summed E-state index contributed by atoms with van der Waals surface area (Å²) in [6, 6.07) is 36.9. The van der Waals surface area contributed by atoms with E-state index >= 15 is 0 Å². The molecule has 0 heterocycles. The number of fused-ring (bicyclic) bond motifs is 1. The summed E-state index contributed by atoms with van der Waals surface area (Å²) < 4.78 is 12.7. The monoisotopic (exact) mass is 602 g/mol. The maximum Gasteiger partial charge on any atom is 0.266 e. The number of hydrogen-bond acceptors (Lipinski definition) is 4. The molecule has 41 heavy (non-hydrogen) atoms. The molecule has 0 atom stereocenters. The zero-order valence-electron chi connectivity index (χ0n) is 22.4. The first-order valence-corrected chi connectivity index (χ1v) is 13.9. The molecule has 5 nitrogen and oxygen atoms in total. The molecular formula is C35H27BrN2O3. The number of nitriles is 1. The summed E-state index contributed by atoms with van der Waals surface area (Å²) in [7, 11) is 0. The fourth-order valence-electron chi connectivity index (χ4n) is 4.40. The van der Waals surface area contributed by atoms with Crippen LogP contribution in [0.3, 0.4) is 0 Å². The van der Waals surface area contributed by atoms with E-state index in [0.29, 0.717) is 36.0 Å². The van der Waals surface area contributed by atoms with Gasteiger partial charge in [0.25, 0.3) is 5.91 Å². The van der Waals surface area contributed by atoms with Gasteiger partial charge in [0.1, 0.15) is 36.4 Å². The van der Waals surface area contributed by atoms with E-state index < -0.39 is 5.91 Å². The summed E-state index contributed by atoms with van der Waals surface area (Å²) in [6.07, 6.45) is 1.55. The van der Waals surface area contributed by atoms with E-state index in [0.717, 1.165) is 15.6 Å². The van der Waals surface area contributed by atoms with Crippen molar-refractivity contribution in [2.75, 3.05) is 5.32 Å². The molecule has 0 spiro atoms. The van der Waals surface area contributed by atoms with E-state index in [1.807, 2.05) is 66.7 Å². The zero-order valence-corrected chi connectivity index (χ0v) is 24.0. The van der Waals surface area contributed by atoms with Gasteiger partial charge in [-0.1, -0.05) is 72.8 Å². The molecule has 202 valence electrons. The molecule has 0 aliphatic carbocycles. The maximum absolute atomic E-state index is 12.8. The number of nitrogens with zero attached hydrogens (tertiary/aromatic N) is 1. The predicted octanol–water partition coefficient (Wildman–Crippen LogP) is 8.61. The van der Waals surface area contributed by atoms with Crippen molar-refractivity contribution in [3.63, 3.8) is 0 Å². The van der Waals surface area contributed by atoms with Crippen molar-refractivity contribution in [3.05, 3.63) is 141 Å². The minimum Gasteiger partial charge on any atom is -0.489 e. The van der Waals surface area contributed by atoms with Gasteiger partial charge in [0, 0.05) is 11.3 Å². The van der Waals surface area contributed by atoms with Gasteiger partial charge in [-0.3, -0.25) is 4.79 Å². The fourth-order valence-corrected chi connectivity index (χ4v) is 4.91. The summed E-state index contributed by atoms with van der Waals surface area (Å²) in [4.78, 5) is 12.8. The van der Waals surface area contributed by atoms with Crippen molar-refractivity contribution in [3.8, 4) is 17.6 Å². The molecule has 5 aromatic rings. The second-order valence-electron chi connectivity index (χ2n) is 9.48. The Morgan fingerprint density at radius 1 is 0.878 bits per heavy atom. The van der Waals surface area contributed by atoms with Crippen LogP contribution in [-0.4, -0.2) is 5.91 Å². The molecule has 0 aromatic heterocycles. The molecule has 0 saturated heterocycles. The van der Waals surface area contributed by atoms with Gasteiger partial charge in [-0.25, -0.2) is 0 Å². The summed E-state index contributed by atoms with van der Waals surface area (Å²) in [6.45, 7) is 2.95. The van der Waals surface area contributed by atoms with Crippen molar-refractivity contribution in [2.45, 2.75) is 20.1 Å². The lowest BCUT2D eigenvalue weighted by atomic mass is 10.0. The number of aryl methyl sites for hydroxylation is 1.